The molecule has 2 rings (SSSR count). The lowest BCUT2D eigenvalue weighted by Gasteiger charge is -2.07. The first kappa shape index (κ1) is 14.7. The second-order valence-electron chi connectivity index (χ2n) is 4.60. The van der Waals surface area contributed by atoms with Crippen molar-refractivity contribution in [3.8, 4) is 6.07 Å². The normalized spacial score (nSPS) is 9.95. The molecule has 0 aliphatic carbocycles. The SMILES string of the molecule is Cc1nc(C(=O)NCc2cccc(CO)c2)ccc1C#N. The number of amides is 1. The van der Waals surface area contributed by atoms with Gasteiger partial charge < -0.3 is 10.4 Å². The van der Waals surface area contributed by atoms with Crippen LogP contribution in [0, 0.1) is 18.3 Å². The Balaban J connectivity index is 2.04. The largest absolute Gasteiger partial charge is 0.392 e. The van der Waals surface area contributed by atoms with Crippen molar-refractivity contribution >= 4 is 5.91 Å². The van der Waals surface area contributed by atoms with Gasteiger partial charge in [-0.2, -0.15) is 5.26 Å². The van der Waals surface area contributed by atoms with Crippen LogP contribution in [0.25, 0.3) is 0 Å². The van der Waals surface area contributed by atoms with Gasteiger partial charge in [-0.25, -0.2) is 4.98 Å². The lowest BCUT2D eigenvalue weighted by molar-refractivity contribution is 0.0945. The number of rotatable bonds is 4. The van der Waals surface area contributed by atoms with Crippen molar-refractivity contribution in [2.75, 3.05) is 0 Å². The molecule has 5 nitrogen and oxygen atoms in total. The summed E-state index contributed by atoms with van der Waals surface area (Å²) in [6.45, 7) is 2.02. The van der Waals surface area contributed by atoms with Gasteiger partial charge in [0.25, 0.3) is 5.91 Å². The molecule has 0 fully saturated rings. The van der Waals surface area contributed by atoms with Crippen molar-refractivity contribution < 1.29 is 9.90 Å². The van der Waals surface area contributed by atoms with Gasteiger partial charge in [0.1, 0.15) is 11.8 Å². The zero-order valence-corrected chi connectivity index (χ0v) is 11.6. The molecule has 1 heterocycles. The zero-order chi connectivity index (χ0) is 15.2. The van der Waals surface area contributed by atoms with E-state index >= 15 is 0 Å². The maximum absolute atomic E-state index is 12.0. The Morgan fingerprint density at radius 3 is 2.76 bits per heavy atom. The van der Waals surface area contributed by atoms with Crippen molar-refractivity contribution in [2.24, 2.45) is 0 Å². The topological polar surface area (TPSA) is 86.0 Å². The molecule has 1 amide bonds. The fourth-order valence-electron chi connectivity index (χ4n) is 1.92. The van der Waals surface area contributed by atoms with E-state index in [1.165, 1.54) is 6.07 Å². The molecule has 0 saturated heterocycles. The van der Waals surface area contributed by atoms with Gasteiger partial charge >= 0.3 is 0 Å². The minimum absolute atomic E-state index is 0.0296. The monoisotopic (exact) mass is 281 g/mol. The Bertz CT molecular complexity index is 705. The summed E-state index contributed by atoms with van der Waals surface area (Å²) in [5, 5.41) is 20.7. The van der Waals surface area contributed by atoms with Crippen LogP contribution in [0.5, 0.6) is 0 Å². The molecule has 0 spiro atoms. The van der Waals surface area contributed by atoms with E-state index in [1.807, 2.05) is 30.3 Å². The number of aryl methyl sites for hydroxylation is 1. The van der Waals surface area contributed by atoms with Crippen LogP contribution in [-0.4, -0.2) is 16.0 Å². The van der Waals surface area contributed by atoms with Crippen molar-refractivity contribution in [1.29, 1.82) is 5.26 Å². The molecule has 0 saturated carbocycles. The molecule has 2 aromatic rings. The van der Waals surface area contributed by atoms with E-state index < -0.39 is 0 Å². The number of benzene rings is 1. The molecule has 0 radical (unpaired) electrons. The zero-order valence-electron chi connectivity index (χ0n) is 11.6. The highest BCUT2D eigenvalue weighted by atomic mass is 16.3. The van der Waals surface area contributed by atoms with Gasteiger partial charge in [0.05, 0.1) is 17.9 Å². The average molecular weight is 281 g/mol. The molecule has 106 valence electrons. The van der Waals surface area contributed by atoms with Crippen LogP contribution < -0.4 is 5.32 Å². The van der Waals surface area contributed by atoms with Crippen molar-refractivity contribution in [1.82, 2.24) is 10.3 Å². The van der Waals surface area contributed by atoms with Crippen LogP contribution in [-0.2, 0) is 13.2 Å². The Kier molecular flexibility index (Phi) is 4.64. The number of hydrogen-bond donors (Lipinski definition) is 2. The number of hydrogen-bond acceptors (Lipinski definition) is 4. The van der Waals surface area contributed by atoms with E-state index in [1.54, 1.807) is 13.0 Å². The molecule has 0 aliphatic heterocycles. The molecule has 1 aromatic heterocycles. The number of carbonyl (C=O) groups is 1. The molecule has 0 aliphatic rings. The van der Waals surface area contributed by atoms with Crippen LogP contribution in [0.4, 0.5) is 0 Å². The second-order valence-corrected chi connectivity index (χ2v) is 4.60. The van der Waals surface area contributed by atoms with E-state index in [4.69, 9.17) is 10.4 Å². The summed E-state index contributed by atoms with van der Waals surface area (Å²) in [4.78, 5) is 16.1. The molecule has 21 heavy (non-hydrogen) atoms. The lowest BCUT2D eigenvalue weighted by atomic mass is 10.1. The van der Waals surface area contributed by atoms with Gasteiger partial charge in [0.15, 0.2) is 0 Å². The number of aliphatic hydroxyl groups excluding tert-OH is 1. The third-order valence-corrected chi connectivity index (χ3v) is 3.07. The van der Waals surface area contributed by atoms with Crippen LogP contribution >= 0.6 is 0 Å². The number of aromatic nitrogens is 1. The first-order chi connectivity index (χ1) is 10.1. The van der Waals surface area contributed by atoms with E-state index in [-0.39, 0.29) is 18.2 Å². The smallest absolute Gasteiger partial charge is 0.270 e. The molecule has 0 bridgehead atoms. The summed E-state index contributed by atoms with van der Waals surface area (Å²) in [6, 6.07) is 12.5. The molecular weight excluding hydrogens is 266 g/mol. The third kappa shape index (κ3) is 3.65. The van der Waals surface area contributed by atoms with Crippen LogP contribution in [0.15, 0.2) is 36.4 Å². The quantitative estimate of drug-likeness (QED) is 0.892. The Morgan fingerprint density at radius 2 is 2.10 bits per heavy atom. The molecule has 0 atom stereocenters. The van der Waals surface area contributed by atoms with Crippen LogP contribution in [0.2, 0.25) is 0 Å². The minimum Gasteiger partial charge on any atom is -0.392 e. The summed E-state index contributed by atoms with van der Waals surface area (Å²) in [5.74, 6) is -0.294. The van der Waals surface area contributed by atoms with Gasteiger partial charge in [0, 0.05) is 6.54 Å². The predicted molar refractivity (Wildman–Crippen MR) is 77.2 cm³/mol. The standard InChI is InChI=1S/C16H15N3O2/c1-11-14(8-17)5-6-15(19-11)16(21)18-9-12-3-2-4-13(7-12)10-20/h2-7,20H,9-10H2,1H3,(H,18,21). The number of nitriles is 1. The fraction of sp³-hybridized carbons (Fsp3) is 0.188. The maximum atomic E-state index is 12.0. The number of nitrogens with zero attached hydrogens (tertiary/aromatic N) is 2. The third-order valence-electron chi connectivity index (χ3n) is 3.07. The fourth-order valence-corrected chi connectivity index (χ4v) is 1.92. The lowest BCUT2D eigenvalue weighted by Crippen LogP contribution is -2.24. The van der Waals surface area contributed by atoms with E-state index in [0.29, 0.717) is 17.8 Å². The Hall–Kier alpha value is -2.71. The van der Waals surface area contributed by atoms with Crippen LogP contribution in [0.1, 0.15) is 32.9 Å². The number of carbonyl (C=O) groups excluding carboxylic acids is 1. The molecule has 5 heteroatoms. The molecule has 0 unspecified atom stereocenters. The van der Waals surface area contributed by atoms with Crippen molar-refractivity contribution in [3.05, 3.63) is 64.5 Å². The number of pyridine rings is 1. The summed E-state index contributed by atoms with van der Waals surface area (Å²) >= 11 is 0. The van der Waals surface area contributed by atoms with Gasteiger partial charge in [0.2, 0.25) is 0 Å². The van der Waals surface area contributed by atoms with Crippen LogP contribution in [0.3, 0.4) is 0 Å². The van der Waals surface area contributed by atoms with Gasteiger partial charge in [-0.3, -0.25) is 4.79 Å². The summed E-state index contributed by atoms with van der Waals surface area (Å²) in [5.41, 5.74) is 2.98. The number of aliphatic hydroxyl groups is 1. The summed E-state index contributed by atoms with van der Waals surface area (Å²) < 4.78 is 0. The molecule has 2 N–H and O–H groups in total. The highest BCUT2D eigenvalue weighted by Crippen LogP contribution is 2.07. The number of nitrogens with one attached hydrogen (secondary N) is 1. The van der Waals surface area contributed by atoms with Gasteiger partial charge in [-0.05, 0) is 30.2 Å². The van der Waals surface area contributed by atoms with Crippen molar-refractivity contribution in [3.63, 3.8) is 0 Å². The van der Waals surface area contributed by atoms with Gasteiger partial charge in [-0.15, -0.1) is 0 Å². The summed E-state index contributed by atoms with van der Waals surface area (Å²) in [6.07, 6.45) is 0. The maximum Gasteiger partial charge on any atom is 0.270 e. The first-order valence-corrected chi connectivity index (χ1v) is 6.48. The van der Waals surface area contributed by atoms with Gasteiger partial charge in [-0.1, -0.05) is 24.3 Å². The molecule has 1 aromatic carbocycles. The van der Waals surface area contributed by atoms with E-state index in [2.05, 4.69) is 10.3 Å². The predicted octanol–water partition coefficient (Wildman–Crippen LogP) is 1.68. The average Bonchev–Trinajstić information content (AvgIpc) is 2.52. The highest BCUT2D eigenvalue weighted by molar-refractivity contribution is 5.92. The van der Waals surface area contributed by atoms with E-state index in [9.17, 15) is 4.79 Å². The molecular formula is C16H15N3O2. The minimum atomic E-state index is -0.294. The second kappa shape index (κ2) is 6.64. The Labute approximate surface area is 122 Å². The van der Waals surface area contributed by atoms with E-state index in [0.717, 1.165) is 11.1 Å². The van der Waals surface area contributed by atoms with Crippen molar-refractivity contribution in [2.45, 2.75) is 20.1 Å². The highest BCUT2D eigenvalue weighted by Gasteiger charge is 2.09. The Morgan fingerprint density at radius 1 is 1.33 bits per heavy atom. The first-order valence-electron chi connectivity index (χ1n) is 6.48. The summed E-state index contributed by atoms with van der Waals surface area (Å²) in [7, 11) is 0.